The van der Waals surface area contributed by atoms with Crippen LogP contribution in [-0.4, -0.2) is 15.9 Å². The lowest BCUT2D eigenvalue weighted by molar-refractivity contribution is -0.137. The van der Waals surface area contributed by atoms with E-state index < -0.39 is 11.7 Å². The molecule has 1 N–H and O–H groups in total. The Labute approximate surface area is 158 Å². The maximum Gasteiger partial charge on any atom is 0.416 e. The summed E-state index contributed by atoms with van der Waals surface area (Å²) in [6.45, 7) is 1.76. The Balaban J connectivity index is 1.84. The Morgan fingerprint density at radius 3 is 2.52 bits per heavy atom. The highest BCUT2D eigenvalue weighted by atomic mass is 35.5. The van der Waals surface area contributed by atoms with Crippen molar-refractivity contribution in [3.63, 3.8) is 0 Å². The van der Waals surface area contributed by atoms with Crippen LogP contribution >= 0.6 is 11.6 Å². The van der Waals surface area contributed by atoms with Crippen molar-refractivity contribution < 1.29 is 18.0 Å². The van der Waals surface area contributed by atoms with Crippen molar-refractivity contribution in [2.24, 2.45) is 0 Å². The summed E-state index contributed by atoms with van der Waals surface area (Å²) in [7, 11) is 0. The molecule has 1 amide bonds. The van der Waals surface area contributed by atoms with E-state index in [0.717, 1.165) is 12.1 Å². The second-order valence-electron chi connectivity index (χ2n) is 5.77. The molecule has 0 saturated heterocycles. The summed E-state index contributed by atoms with van der Waals surface area (Å²) < 4.78 is 38.7. The number of hydrogen-bond acceptors (Lipinski definition) is 3. The lowest BCUT2D eigenvalue weighted by atomic mass is 10.0. The molecule has 2 heterocycles. The van der Waals surface area contributed by atoms with Crippen molar-refractivity contribution in [2.75, 3.05) is 5.32 Å². The standard InChI is InChI=1S/C19H13ClF3N3O/c1-11-9-24-7-6-14(11)18(27)26-17-5-2-12(10-25-17)15-8-13(19(21,22)23)3-4-16(15)20/h2-10H,1H3,(H,25,26,27). The Kier molecular flexibility index (Phi) is 5.14. The topological polar surface area (TPSA) is 54.9 Å². The third kappa shape index (κ3) is 4.25. The van der Waals surface area contributed by atoms with Crippen LogP contribution in [0.5, 0.6) is 0 Å². The van der Waals surface area contributed by atoms with Crippen LogP contribution in [0, 0.1) is 6.92 Å². The molecule has 0 aliphatic carbocycles. The predicted octanol–water partition coefficient (Wildman–Crippen LogP) is 5.38. The van der Waals surface area contributed by atoms with E-state index in [1.165, 1.54) is 24.5 Å². The number of carbonyl (C=O) groups is 1. The van der Waals surface area contributed by atoms with E-state index in [0.29, 0.717) is 16.7 Å². The maximum absolute atomic E-state index is 12.9. The first kappa shape index (κ1) is 18.8. The average Bonchev–Trinajstić information content (AvgIpc) is 2.62. The van der Waals surface area contributed by atoms with Gasteiger partial charge in [0, 0.05) is 40.3 Å². The third-order valence-electron chi connectivity index (χ3n) is 3.87. The number of aromatic nitrogens is 2. The second-order valence-corrected chi connectivity index (χ2v) is 6.18. The van der Waals surface area contributed by atoms with Crippen LogP contribution in [-0.2, 0) is 6.18 Å². The van der Waals surface area contributed by atoms with Crippen LogP contribution in [0.4, 0.5) is 19.0 Å². The molecule has 3 rings (SSSR count). The summed E-state index contributed by atoms with van der Waals surface area (Å²) in [6.07, 6.45) is -0.0331. The molecule has 2 aromatic heterocycles. The molecule has 8 heteroatoms. The Morgan fingerprint density at radius 2 is 1.89 bits per heavy atom. The van der Waals surface area contributed by atoms with Crippen LogP contribution in [0.15, 0.2) is 55.0 Å². The number of pyridine rings is 2. The average molecular weight is 392 g/mol. The SMILES string of the molecule is Cc1cnccc1C(=O)Nc1ccc(-c2cc(C(F)(F)F)ccc2Cl)cn1. The van der Waals surface area contributed by atoms with E-state index in [-0.39, 0.29) is 22.3 Å². The quantitative estimate of drug-likeness (QED) is 0.652. The number of nitrogens with one attached hydrogen (secondary N) is 1. The zero-order valence-corrected chi connectivity index (χ0v) is 14.8. The minimum Gasteiger partial charge on any atom is -0.307 e. The molecular formula is C19H13ClF3N3O. The summed E-state index contributed by atoms with van der Waals surface area (Å²) in [6, 6.07) is 7.72. The molecule has 4 nitrogen and oxygen atoms in total. The minimum absolute atomic E-state index is 0.175. The number of benzene rings is 1. The van der Waals surface area contributed by atoms with Gasteiger partial charge in [-0.3, -0.25) is 9.78 Å². The van der Waals surface area contributed by atoms with Gasteiger partial charge >= 0.3 is 6.18 Å². The highest BCUT2D eigenvalue weighted by Crippen LogP contribution is 2.35. The van der Waals surface area contributed by atoms with Gasteiger partial charge in [-0.15, -0.1) is 0 Å². The van der Waals surface area contributed by atoms with Crippen LogP contribution in [0.3, 0.4) is 0 Å². The zero-order chi connectivity index (χ0) is 19.6. The van der Waals surface area contributed by atoms with Crippen LogP contribution in [0.2, 0.25) is 5.02 Å². The monoisotopic (exact) mass is 391 g/mol. The Morgan fingerprint density at radius 1 is 1.11 bits per heavy atom. The van der Waals surface area contributed by atoms with Crippen molar-refractivity contribution in [1.82, 2.24) is 9.97 Å². The molecule has 3 aromatic rings. The first-order chi connectivity index (χ1) is 12.8. The molecule has 0 bridgehead atoms. The molecule has 0 saturated carbocycles. The largest absolute Gasteiger partial charge is 0.416 e. The fraction of sp³-hybridized carbons (Fsp3) is 0.105. The molecule has 27 heavy (non-hydrogen) atoms. The van der Waals surface area contributed by atoms with Gasteiger partial charge in [0.25, 0.3) is 5.91 Å². The Hall–Kier alpha value is -2.93. The van der Waals surface area contributed by atoms with E-state index in [1.54, 1.807) is 25.3 Å². The smallest absolute Gasteiger partial charge is 0.307 e. The highest BCUT2D eigenvalue weighted by molar-refractivity contribution is 6.33. The predicted molar refractivity (Wildman–Crippen MR) is 96.6 cm³/mol. The van der Waals surface area contributed by atoms with Gasteiger partial charge in [0.15, 0.2) is 0 Å². The van der Waals surface area contributed by atoms with Crippen LogP contribution in [0.25, 0.3) is 11.1 Å². The van der Waals surface area contributed by atoms with Gasteiger partial charge < -0.3 is 5.32 Å². The number of carbonyl (C=O) groups excluding carboxylic acids is 1. The molecule has 0 unspecified atom stereocenters. The number of alkyl halides is 3. The molecule has 0 spiro atoms. The fourth-order valence-electron chi connectivity index (χ4n) is 2.46. The van der Waals surface area contributed by atoms with Gasteiger partial charge in [0.2, 0.25) is 0 Å². The van der Waals surface area contributed by atoms with Gasteiger partial charge in [-0.2, -0.15) is 13.2 Å². The number of hydrogen-bond donors (Lipinski definition) is 1. The molecule has 0 radical (unpaired) electrons. The first-order valence-corrected chi connectivity index (χ1v) is 8.18. The van der Waals surface area contributed by atoms with Crippen molar-refractivity contribution in [3.8, 4) is 11.1 Å². The van der Waals surface area contributed by atoms with Gasteiger partial charge in [-0.05, 0) is 48.9 Å². The van der Waals surface area contributed by atoms with Gasteiger partial charge in [-0.1, -0.05) is 11.6 Å². The maximum atomic E-state index is 12.9. The Bertz CT molecular complexity index is 988. The lowest BCUT2D eigenvalue weighted by Gasteiger charge is -2.11. The molecule has 0 atom stereocenters. The second kappa shape index (κ2) is 7.36. The van der Waals surface area contributed by atoms with Crippen molar-refractivity contribution in [3.05, 3.63) is 76.7 Å². The van der Waals surface area contributed by atoms with E-state index in [9.17, 15) is 18.0 Å². The molecule has 0 aliphatic rings. The fourth-order valence-corrected chi connectivity index (χ4v) is 2.69. The number of aryl methyl sites for hydroxylation is 1. The molecule has 0 aliphatic heterocycles. The highest BCUT2D eigenvalue weighted by Gasteiger charge is 2.31. The van der Waals surface area contributed by atoms with Gasteiger partial charge in [-0.25, -0.2) is 4.98 Å². The van der Waals surface area contributed by atoms with E-state index in [4.69, 9.17) is 11.6 Å². The summed E-state index contributed by atoms with van der Waals surface area (Å²) in [5, 5.41) is 2.81. The van der Waals surface area contributed by atoms with E-state index in [1.807, 2.05) is 0 Å². The van der Waals surface area contributed by atoms with Gasteiger partial charge in [0.05, 0.1) is 5.56 Å². The molecular weight excluding hydrogens is 379 g/mol. The van der Waals surface area contributed by atoms with E-state index in [2.05, 4.69) is 15.3 Å². The number of nitrogens with zero attached hydrogens (tertiary/aromatic N) is 2. The summed E-state index contributed by atoms with van der Waals surface area (Å²) >= 11 is 6.03. The van der Waals surface area contributed by atoms with Gasteiger partial charge in [0.1, 0.15) is 5.82 Å². The number of amides is 1. The minimum atomic E-state index is -4.47. The summed E-state index contributed by atoms with van der Waals surface area (Å²) in [4.78, 5) is 20.3. The zero-order valence-electron chi connectivity index (χ0n) is 14.0. The normalized spacial score (nSPS) is 11.3. The van der Waals surface area contributed by atoms with E-state index >= 15 is 0 Å². The lowest BCUT2D eigenvalue weighted by Crippen LogP contribution is -2.14. The third-order valence-corrected chi connectivity index (χ3v) is 4.20. The number of halogens is 4. The van der Waals surface area contributed by atoms with Crippen molar-refractivity contribution >= 4 is 23.3 Å². The molecule has 1 aromatic carbocycles. The number of anilines is 1. The van der Waals surface area contributed by atoms with Crippen LogP contribution < -0.4 is 5.32 Å². The summed E-state index contributed by atoms with van der Waals surface area (Å²) in [5.74, 6) is -0.0877. The van der Waals surface area contributed by atoms with Crippen molar-refractivity contribution in [2.45, 2.75) is 13.1 Å². The molecule has 138 valence electrons. The van der Waals surface area contributed by atoms with Crippen molar-refractivity contribution in [1.29, 1.82) is 0 Å². The molecule has 0 fully saturated rings. The van der Waals surface area contributed by atoms with Crippen LogP contribution in [0.1, 0.15) is 21.5 Å². The first-order valence-electron chi connectivity index (χ1n) is 7.81. The summed E-state index contributed by atoms with van der Waals surface area (Å²) in [5.41, 5.74) is 0.984. The number of rotatable bonds is 3.